The van der Waals surface area contributed by atoms with Crippen molar-refractivity contribution in [2.75, 3.05) is 19.6 Å². The third-order valence-electron chi connectivity index (χ3n) is 3.46. The maximum absolute atomic E-state index is 10.7. The molecule has 98 valence electrons. The summed E-state index contributed by atoms with van der Waals surface area (Å²) < 4.78 is 0. The number of rotatable bonds is 4. The van der Waals surface area contributed by atoms with Gasteiger partial charge in [0.25, 0.3) is 5.69 Å². The zero-order valence-corrected chi connectivity index (χ0v) is 10.4. The number of benzene rings is 1. The minimum atomic E-state index is -0.345. The minimum Gasteiger partial charge on any atom is -0.330 e. The van der Waals surface area contributed by atoms with Crippen LogP contribution in [-0.2, 0) is 6.54 Å². The van der Waals surface area contributed by atoms with E-state index in [1.54, 1.807) is 12.1 Å². The highest BCUT2D eigenvalue weighted by Gasteiger charge is 2.19. The van der Waals surface area contributed by atoms with Gasteiger partial charge in [0.2, 0.25) is 0 Å². The van der Waals surface area contributed by atoms with Gasteiger partial charge in [-0.2, -0.15) is 0 Å². The summed E-state index contributed by atoms with van der Waals surface area (Å²) in [6.45, 7) is 3.56. The lowest BCUT2D eigenvalue weighted by atomic mass is 9.98. The van der Waals surface area contributed by atoms with Crippen molar-refractivity contribution in [2.45, 2.75) is 19.4 Å². The van der Waals surface area contributed by atoms with Crippen LogP contribution in [0.5, 0.6) is 0 Å². The van der Waals surface area contributed by atoms with Crippen LogP contribution < -0.4 is 5.73 Å². The Morgan fingerprint density at radius 1 is 1.50 bits per heavy atom. The Hall–Kier alpha value is -1.46. The van der Waals surface area contributed by atoms with Crippen molar-refractivity contribution < 1.29 is 4.92 Å². The van der Waals surface area contributed by atoms with Crippen molar-refractivity contribution in [1.29, 1.82) is 0 Å². The van der Waals surface area contributed by atoms with E-state index in [9.17, 15) is 10.1 Å². The molecule has 1 heterocycles. The molecule has 1 fully saturated rings. The molecule has 0 aliphatic carbocycles. The number of likely N-dealkylation sites (tertiary alicyclic amines) is 1. The molecule has 0 saturated carbocycles. The van der Waals surface area contributed by atoms with Crippen LogP contribution in [0.2, 0.25) is 0 Å². The Labute approximate surface area is 107 Å². The quantitative estimate of drug-likeness (QED) is 0.652. The van der Waals surface area contributed by atoms with Crippen molar-refractivity contribution in [3.63, 3.8) is 0 Å². The van der Waals surface area contributed by atoms with Crippen molar-refractivity contribution >= 4 is 5.69 Å². The maximum atomic E-state index is 10.7. The first-order chi connectivity index (χ1) is 8.69. The van der Waals surface area contributed by atoms with Crippen molar-refractivity contribution in [3.05, 3.63) is 39.9 Å². The molecule has 1 unspecified atom stereocenters. The highest BCUT2D eigenvalue weighted by molar-refractivity contribution is 5.34. The van der Waals surface area contributed by atoms with Gasteiger partial charge in [0.1, 0.15) is 0 Å². The second kappa shape index (κ2) is 5.93. The molecule has 1 aliphatic rings. The standard InChI is InChI=1S/C13H19N3O2/c14-8-12-4-2-6-15(10-12)9-11-3-1-5-13(7-11)16(17)18/h1,3,5,7,12H,2,4,6,8-10,14H2. The highest BCUT2D eigenvalue weighted by Crippen LogP contribution is 2.19. The first kappa shape index (κ1) is 13.0. The fourth-order valence-corrected chi connectivity index (χ4v) is 2.51. The molecule has 1 atom stereocenters. The molecular weight excluding hydrogens is 230 g/mol. The van der Waals surface area contributed by atoms with Gasteiger partial charge in [0, 0.05) is 25.2 Å². The van der Waals surface area contributed by atoms with Crippen LogP contribution in [0.15, 0.2) is 24.3 Å². The SMILES string of the molecule is NCC1CCCN(Cc2cccc([N+](=O)[O-])c2)C1. The van der Waals surface area contributed by atoms with Gasteiger partial charge in [0.15, 0.2) is 0 Å². The molecule has 5 heteroatoms. The van der Waals surface area contributed by atoms with E-state index in [0.29, 0.717) is 5.92 Å². The third kappa shape index (κ3) is 3.27. The fourth-order valence-electron chi connectivity index (χ4n) is 2.51. The first-order valence-corrected chi connectivity index (χ1v) is 6.35. The summed E-state index contributed by atoms with van der Waals surface area (Å²) in [5.41, 5.74) is 6.88. The van der Waals surface area contributed by atoms with E-state index in [-0.39, 0.29) is 10.6 Å². The highest BCUT2D eigenvalue weighted by atomic mass is 16.6. The number of non-ortho nitro benzene ring substituents is 1. The molecule has 0 radical (unpaired) electrons. The lowest BCUT2D eigenvalue weighted by Gasteiger charge is -2.32. The molecular formula is C13H19N3O2. The zero-order valence-electron chi connectivity index (χ0n) is 10.4. The van der Waals surface area contributed by atoms with Crippen LogP contribution in [-0.4, -0.2) is 29.5 Å². The molecule has 0 bridgehead atoms. The van der Waals surface area contributed by atoms with E-state index in [2.05, 4.69) is 4.90 Å². The summed E-state index contributed by atoms with van der Waals surface area (Å²) in [7, 11) is 0. The van der Waals surface area contributed by atoms with Crippen LogP contribution in [0.4, 0.5) is 5.69 Å². The fraction of sp³-hybridized carbons (Fsp3) is 0.538. The van der Waals surface area contributed by atoms with Gasteiger partial charge < -0.3 is 5.73 Å². The molecule has 1 saturated heterocycles. The molecule has 2 rings (SSSR count). The predicted octanol–water partition coefficient (Wildman–Crippen LogP) is 1.77. The predicted molar refractivity (Wildman–Crippen MR) is 70.2 cm³/mol. The minimum absolute atomic E-state index is 0.167. The van der Waals surface area contributed by atoms with Gasteiger partial charge in [-0.3, -0.25) is 15.0 Å². The van der Waals surface area contributed by atoms with Crippen LogP contribution in [0, 0.1) is 16.0 Å². The van der Waals surface area contributed by atoms with Crippen molar-refractivity contribution in [2.24, 2.45) is 11.7 Å². The maximum Gasteiger partial charge on any atom is 0.269 e. The Morgan fingerprint density at radius 3 is 3.06 bits per heavy atom. The van der Waals surface area contributed by atoms with Crippen LogP contribution in [0.3, 0.4) is 0 Å². The smallest absolute Gasteiger partial charge is 0.269 e. The van der Waals surface area contributed by atoms with E-state index in [4.69, 9.17) is 5.73 Å². The molecule has 5 nitrogen and oxygen atoms in total. The number of hydrogen-bond donors (Lipinski definition) is 1. The molecule has 0 amide bonds. The Kier molecular flexibility index (Phi) is 4.28. The topological polar surface area (TPSA) is 72.4 Å². The Bertz CT molecular complexity index is 422. The third-order valence-corrected chi connectivity index (χ3v) is 3.46. The molecule has 1 aromatic rings. The summed E-state index contributed by atoms with van der Waals surface area (Å²) in [4.78, 5) is 12.7. The number of hydrogen-bond acceptors (Lipinski definition) is 4. The molecule has 0 spiro atoms. The largest absolute Gasteiger partial charge is 0.330 e. The van der Waals surface area contributed by atoms with Gasteiger partial charge >= 0.3 is 0 Å². The second-order valence-corrected chi connectivity index (χ2v) is 4.91. The summed E-state index contributed by atoms with van der Waals surface area (Å²) in [6.07, 6.45) is 2.36. The molecule has 1 aliphatic heterocycles. The average molecular weight is 249 g/mol. The number of nitrogens with zero attached hydrogens (tertiary/aromatic N) is 2. The first-order valence-electron chi connectivity index (χ1n) is 6.35. The van der Waals surface area contributed by atoms with Crippen molar-refractivity contribution in [1.82, 2.24) is 4.90 Å². The van der Waals surface area contributed by atoms with Crippen LogP contribution in [0.1, 0.15) is 18.4 Å². The molecule has 18 heavy (non-hydrogen) atoms. The normalized spacial score (nSPS) is 20.8. The van der Waals surface area contributed by atoms with Crippen LogP contribution >= 0.6 is 0 Å². The number of nitro benzene ring substituents is 1. The summed E-state index contributed by atoms with van der Waals surface area (Å²) in [5.74, 6) is 0.567. The van der Waals surface area contributed by atoms with E-state index < -0.39 is 0 Å². The second-order valence-electron chi connectivity index (χ2n) is 4.91. The Balaban J connectivity index is 2.00. The number of nitro groups is 1. The summed E-state index contributed by atoms with van der Waals surface area (Å²) in [6, 6.07) is 6.88. The van der Waals surface area contributed by atoms with Gasteiger partial charge in [-0.1, -0.05) is 12.1 Å². The Morgan fingerprint density at radius 2 is 2.33 bits per heavy atom. The van der Waals surface area contributed by atoms with E-state index >= 15 is 0 Å². The number of nitrogens with two attached hydrogens (primary N) is 1. The van der Waals surface area contributed by atoms with Gasteiger partial charge in [0.05, 0.1) is 4.92 Å². The molecule has 0 aromatic heterocycles. The molecule has 2 N–H and O–H groups in total. The van der Waals surface area contributed by atoms with E-state index in [1.165, 1.54) is 12.5 Å². The van der Waals surface area contributed by atoms with Gasteiger partial charge in [-0.25, -0.2) is 0 Å². The lowest BCUT2D eigenvalue weighted by Crippen LogP contribution is -2.37. The van der Waals surface area contributed by atoms with Gasteiger partial charge in [-0.05, 0) is 37.4 Å². The summed E-state index contributed by atoms with van der Waals surface area (Å²) in [5, 5.41) is 10.7. The average Bonchev–Trinajstić information content (AvgIpc) is 2.39. The van der Waals surface area contributed by atoms with Gasteiger partial charge in [-0.15, -0.1) is 0 Å². The zero-order chi connectivity index (χ0) is 13.0. The monoisotopic (exact) mass is 249 g/mol. The number of piperidine rings is 1. The van der Waals surface area contributed by atoms with Crippen LogP contribution in [0.25, 0.3) is 0 Å². The van der Waals surface area contributed by atoms with E-state index in [1.807, 2.05) is 6.07 Å². The lowest BCUT2D eigenvalue weighted by molar-refractivity contribution is -0.384. The van der Waals surface area contributed by atoms with E-state index in [0.717, 1.165) is 38.2 Å². The summed E-state index contributed by atoms with van der Waals surface area (Å²) >= 11 is 0. The molecule has 1 aromatic carbocycles. The van der Waals surface area contributed by atoms with Crippen molar-refractivity contribution in [3.8, 4) is 0 Å².